The van der Waals surface area contributed by atoms with Crippen molar-refractivity contribution in [2.24, 2.45) is 0 Å². The molecule has 2 aromatic rings. The van der Waals surface area contributed by atoms with Crippen LogP contribution in [0.1, 0.15) is 37.5 Å². The Balaban J connectivity index is 2.03. The summed E-state index contributed by atoms with van der Waals surface area (Å²) in [6.07, 6.45) is 5.65. The fraction of sp³-hybridized carbons (Fsp3) is 0.375. The fourth-order valence-corrected chi connectivity index (χ4v) is 1.83. The van der Waals surface area contributed by atoms with E-state index in [-0.39, 0.29) is 5.41 Å². The summed E-state index contributed by atoms with van der Waals surface area (Å²) in [5.41, 5.74) is 3.84. The van der Waals surface area contributed by atoms with Crippen LogP contribution in [0.5, 0.6) is 0 Å². The number of anilines is 1. The van der Waals surface area contributed by atoms with E-state index in [0.29, 0.717) is 0 Å². The first-order valence-corrected chi connectivity index (χ1v) is 6.57. The summed E-state index contributed by atoms with van der Waals surface area (Å²) in [4.78, 5) is 8.56. The van der Waals surface area contributed by atoms with Crippen LogP contribution < -0.4 is 5.32 Å². The zero-order valence-corrected chi connectivity index (χ0v) is 12.1. The summed E-state index contributed by atoms with van der Waals surface area (Å²) in [5, 5.41) is 3.34. The number of hydrogen-bond donors (Lipinski definition) is 1. The minimum absolute atomic E-state index is 0.146. The average Bonchev–Trinajstić information content (AvgIpc) is 2.37. The quantitative estimate of drug-likeness (QED) is 0.908. The minimum atomic E-state index is 0.146. The molecule has 2 rings (SSSR count). The van der Waals surface area contributed by atoms with Crippen molar-refractivity contribution in [1.82, 2.24) is 9.97 Å². The molecule has 0 aromatic carbocycles. The third-order valence-corrected chi connectivity index (χ3v) is 3.23. The highest BCUT2D eigenvalue weighted by Crippen LogP contribution is 2.22. The average molecular weight is 255 g/mol. The van der Waals surface area contributed by atoms with Crippen molar-refractivity contribution in [3.63, 3.8) is 0 Å². The van der Waals surface area contributed by atoms with Gasteiger partial charge in [-0.2, -0.15) is 0 Å². The third kappa shape index (κ3) is 3.53. The Labute approximate surface area is 115 Å². The molecule has 0 bridgehead atoms. The lowest BCUT2D eigenvalue weighted by Gasteiger charge is -2.18. The van der Waals surface area contributed by atoms with E-state index in [9.17, 15) is 0 Å². The van der Waals surface area contributed by atoms with Gasteiger partial charge in [0.05, 0.1) is 0 Å². The lowest BCUT2D eigenvalue weighted by atomic mass is 9.88. The van der Waals surface area contributed by atoms with Crippen LogP contribution in [0.3, 0.4) is 0 Å². The van der Waals surface area contributed by atoms with Gasteiger partial charge in [-0.05, 0) is 41.2 Å². The molecule has 0 saturated heterocycles. The van der Waals surface area contributed by atoms with Crippen molar-refractivity contribution in [3.8, 4) is 0 Å². The number of hydrogen-bond acceptors (Lipinski definition) is 3. The Bertz CT molecular complexity index is 539. The lowest BCUT2D eigenvalue weighted by molar-refractivity contribution is 0.587. The maximum atomic E-state index is 4.46. The van der Waals surface area contributed by atoms with Crippen molar-refractivity contribution >= 4 is 5.82 Å². The predicted molar refractivity (Wildman–Crippen MR) is 79.2 cm³/mol. The van der Waals surface area contributed by atoms with Crippen LogP contribution in [-0.2, 0) is 12.0 Å². The lowest BCUT2D eigenvalue weighted by Crippen LogP contribution is -2.12. The van der Waals surface area contributed by atoms with Gasteiger partial charge in [-0.1, -0.05) is 26.8 Å². The van der Waals surface area contributed by atoms with Gasteiger partial charge in [0, 0.05) is 25.1 Å². The Morgan fingerprint density at radius 1 is 1.11 bits per heavy atom. The van der Waals surface area contributed by atoms with Gasteiger partial charge in [-0.15, -0.1) is 0 Å². The number of pyridine rings is 2. The van der Waals surface area contributed by atoms with E-state index in [1.165, 1.54) is 16.7 Å². The van der Waals surface area contributed by atoms with Crippen LogP contribution in [0.15, 0.2) is 36.8 Å². The van der Waals surface area contributed by atoms with Gasteiger partial charge in [-0.25, -0.2) is 4.98 Å². The van der Waals surface area contributed by atoms with Crippen molar-refractivity contribution < 1.29 is 0 Å². The molecule has 0 fully saturated rings. The molecular weight excluding hydrogens is 234 g/mol. The molecule has 0 saturated carbocycles. The van der Waals surface area contributed by atoms with Crippen molar-refractivity contribution in [3.05, 3.63) is 53.5 Å². The second-order valence-corrected chi connectivity index (χ2v) is 5.84. The molecule has 19 heavy (non-hydrogen) atoms. The zero-order chi connectivity index (χ0) is 13.9. The normalized spacial score (nSPS) is 11.4. The number of nitrogens with one attached hydrogen (secondary N) is 1. The van der Waals surface area contributed by atoms with Crippen molar-refractivity contribution in [2.45, 2.75) is 39.7 Å². The molecule has 0 aliphatic carbocycles. The Morgan fingerprint density at radius 3 is 2.47 bits per heavy atom. The first-order valence-electron chi connectivity index (χ1n) is 6.57. The Kier molecular flexibility index (Phi) is 3.84. The molecule has 0 spiro atoms. The summed E-state index contributed by atoms with van der Waals surface area (Å²) in [5.74, 6) is 0.907. The predicted octanol–water partition coefficient (Wildman–Crippen LogP) is 3.69. The molecule has 3 nitrogen and oxygen atoms in total. The van der Waals surface area contributed by atoms with Crippen molar-refractivity contribution in [1.29, 1.82) is 0 Å². The molecular formula is C16H21N3. The van der Waals surface area contributed by atoms with E-state index < -0.39 is 0 Å². The molecule has 3 heteroatoms. The summed E-state index contributed by atoms with van der Waals surface area (Å²) in [7, 11) is 0. The minimum Gasteiger partial charge on any atom is -0.366 e. The van der Waals surface area contributed by atoms with Gasteiger partial charge in [0.25, 0.3) is 0 Å². The van der Waals surface area contributed by atoms with E-state index >= 15 is 0 Å². The standard InChI is InChI=1S/C16H21N3/c1-12-9-17-8-7-13(12)10-18-15-6-5-14(11-19-15)16(2,3)4/h5-9,11H,10H2,1-4H3,(H,18,19). The second-order valence-electron chi connectivity index (χ2n) is 5.84. The highest BCUT2D eigenvalue weighted by atomic mass is 15.0. The molecule has 100 valence electrons. The summed E-state index contributed by atoms with van der Waals surface area (Å²) >= 11 is 0. The highest BCUT2D eigenvalue weighted by Gasteiger charge is 2.13. The van der Waals surface area contributed by atoms with Gasteiger partial charge >= 0.3 is 0 Å². The molecule has 0 aliphatic rings. The molecule has 0 unspecified atom stereocenters. The smallest absolute Gasteiger partial charge is 0.126 e. The molecule has 0 radical (unpaired) electrons. The van der Waals surface area contributed by atoms with Crippen LogP contribution in [0, 0.1) is 6.92 Å². The monoisotopic (exact) mass is 255 g/mol. The fourth-order valence-electron chi connectivity index (χ4n) is 1.83. The van der Waals surface area contributed by atoms with Crippen LogP contribution in [0.4, 0.5) is 5.82 Å². The Morgan fingerprint density at radius 2 is 1.89 bits per heavy atom. The van der Waals surface area contributed by atoms with Gasteiger partial charge in [0.2, 0.25) is 0 Å². The first kappa shape index (κ1) is 13.5. The molecule has 1 N–H and O–H groups in total. The molecule has 0 atom stereocenters. The maximum Gasteiger partial charge on any atom is 0.126 e. The largest absolute Gasteiger partial charge is 0.366 e. The highest BCUT2D eigenvalue weighted by molar-refractivity contribution is 5.38. The molecule has 2 heterocycles. The molecule has 0 amide bonds. The zero-order valence-electron chi connectivity index (χ0n) is 12.1. The number of rotatable bonds is 3. The van der Waals surface area contributed by atoms with Crippen molar-refractivity contribution in [2.75, 3.05) is 5.32 Å². The third-order valence-electron chi connectivity index (χ3n) is 3.23. The first-order chi connectivity index (χ1) is 8.97. The number of nitrogens with zero attached hydrogens (tertiary/aromatic N) is 2. The van der Waals surface area contributed by atoms with Gasteiger partial charge in [0.15, 0.2) is 0 Å². The van der Waals surface area contributed by atoms with E-state index in [2.05, 4.69) is 49.0 Å². The van der Waals surface area contributed by atoms with Gasteiger partial charge in [-0.3, -0.25) is 4.98 Å². The molecule has 2 aromatic heterocycles. The SMILES string of the molecule is Cc1cnccc1CNc1ccc(C(C)(C)C)cn1. The van der Waals surface area contributed by atoms with Crippen LogP contribution >= 0.6 is 0 Å². The number of aryl methyl sites for hydroxylation is 1. The summed E-state index contributed by atoms with van der Waals surface area (Å²) in [6, 6.07) is 6.21. The van der Waals surface area contributed by atoms with E-state index in [0.717, 1.165) is 12.4 Å². The van der Waals surface area contributed by atoms with Crippen LogP contribution in [0.25, 0.3) is 0 Å². The van der Waals surface area contributed by atoms with E-state index in [4.69, 9.17) is 0 Å². The molecule has 0 aliphatic heterocycles. The second kappa shape index (κ2) is 5.39. The van der Waals surface area contributed by atoms with Crippen LogP contribution in [-0.4, -0.2) is 9.97 Å². The Hall–Kier alpha value is -1.90. The summed E-state index contributed by atoms with van der Waals surface area (Å²) < 4.78 is 0. The van der Waals surface area contributed by atoms with E-state index in [1.807, 2.05) is 30.7 Å². The number of aromatic nitrogens is 2. The maximum absolute atomic E-state index is 4.46. The van der Waals surface area contributed by atoms with E-state index in [1.54, 1.807) is 0 Å². The van der Waals surface area contributed by atoms with Gasteiger partial charge < -0.3 is 5.32 Å². The topological polar surface area (TPSA) is 37.8 Å². The summed E-state index contributed by atoms with van der Waals surface area (Å²) in [6.45, 7) is 9.42. The van der Waals surface area contributed by atoms with Crippen LogP contribution in [0.2, 0.25) is 0 Å². The van der Waals surface area contributed by atoms with Gasteiger partial charge in [0.1, 0.15) is 5.82 Å².